The van der Waals surface area contributed by atoms with Crippen molar-refractivity contribution in [1.29, 1.82) is 0 Å². The third-order valence-corrected chi connectivity index (χ3v) is 4.07. The maximum absolute atomic E-state index is 4.60. The minimum atomic E-state index is 0.750. The SMILES string of the molecule is Brc1cc(C2CCC2)cnc1C1CC1. The summed E-state index contributed by atoms with van der Waals surface area (Å²) >= 11 is 3.65. The molecule has 0 atom stereocenters. The second-order valence-corrected chi connectivity index (χ2v) is 5.39. The molecule has 2 heteroatoms. The molecule has 0 amide bonds. The van der Waals surface area contributed by atoms with Crippen LogP contribution in [0.5, 0.6) is 0 Å². The van der Waals surface area contributed by atoms with Crippen LogP contribution in [-0.2, 0) is 0 Å². The van der Waals surface area contributed by atoms with E-state index in [0.717, 1.165) is 11.8 Å². The average molecular weight is 252 g/mol. The van der Waals surface area contributed by atoms with Crippen molar-refractivity contribution in [3.05, 3.63) is 28.0 Å². The van der Waals surface area contributed by atoms with E-state index < -0.39 is 0 Å². The van der Waals surface area contributed by atoms with Gasteiger partial charge in [-0.2, -0.15) is 0 Å². The lowest BCUT2D eigenvalue weighted by molar-refractivity contribution is 0.418. The highest BCUT2D eigenvalue weighted by Gasteiger charge is 2.28. The Morgan fingerprint density at radius 1 is 1.14 bits per heavy atom. The zero-order chi connectivity index (χ0) is 9.54. The third-order valence-electron chi connectivity index (χ3n) is 3.43. The Hall–Kier alpha value is -0.370. The van der Waals surface area contributed by atoms with Crippen molar-refractivity contribution in [2.45, 2.75) is 43.9 Å². The van der Waals surface area contributed by atoms with Crippen molar-refractivity contribution in [3.63, 3.8) is 0 Å². The van der Waals surface area contributed by atoms with E-state index in [2.05, 4.69) is 33.2 Å². The molecule has 1 aromatic heterocycles. The first kappa shape index (κ1) is 8.90. The molecule has 0 bridgehead atoms. The topological polar surface area (TPSA) is 12.9 Å². The van der Waals surface area contributed by atoms with Crippen molar-refractivity contribution in [3.8, 4) is 0 Å². The maximum atomic E-state index is 4.60. The Morgan fingerprint density at radius 3 is 2.43 bits per heavy atom. The van der Waals surface area contributed by atoms with E-state index in [0.29, 0.717) is 0 Å². The van der Waals surface area contributed by atoms with Gasteiger partial charge in [-0.3, -0.25) is 4.98 Å². The second kappa shape index (κ2) is 3.34. The van der Waals surface area contributed by atoms with E-state index in [1.807, 2.05) is 0 Å². The van der Waals surface area contributed by atoms with E-state index in [4.69, 9.17) is 0 Å². The van der Waals surface area contributed by atoms with Crippen LogP contribution >= 0.6 is 15.9 Å². The highest BCUT2D eigenvalue weighted by Crippen LogP contribution is 2.43. The summed E-state index contributed by atoms with van der Waals surface area (Å²) in [4.78, 5) is 4.60. The van der Waals surface area contributed by atoms with Gasteiger partial charge in [0, 0.05) is 16.6 Å². The van der Waals surface area contributed by atoms with Gasteiger partial charge >= 0.3 is 0 Å². The van der Waals surface area contributed by atoms with Crippen LogP contribution in [0.4, 0.5) is 0 Å². The summed E-state index contributed by atoms with van der Waals surface area (Å²) in [6.45, 7) is 0. The molecule has 2 aliphatic carbocycles. The molecule has 0 aliphatic heterocycles. The summed E-state index contributed by atoms with van der Waals surface area (Å²) in [5.41, 5.74) is 2.72. The van der Waals surface area contributed by atoms with Gasteiger partial charge in [-0.15, -0.1) is 0 Å². The number of hydrogen-bond donors (Lipinski definition) is 0. The fourth-order valence-corrected chi connectivity index (χ4v) is 2.78. The van der Waals surface area contributed by atoms with Gasteiger partial charge in [0.25, 0.3) is 0 Å². The molecule has 2 saturated carbocycles. The Labute approximate surface area is 93.1 Å². The molecule has 1 aromatic rings. The van der Waals surface area contributed by atoms with E-state index in [9.17, 15) is 0 Å². The molecule has 0 unspecified atom stereocenters. The maximum Gasteiger partial charge on any atom is 0.0576 e. The zero-order valence-electron chi connectivity index (χ0n) is 8.17. The van der Waals surface area contributed by atoms with E-state index in [1.165, 1.54) is 47.8 Å². The second-order valence-electron chi connectivity index (χ2n) is 4.54. The molecule has 0 aromatic carbocycles. The van der Waals surface area contributed by atoms with Crippen LogP contribution in [0.1, 0.15) is 55.2 Å². The summed E-state index contributed by atoms with van der Waals surface area (Å²) in [5.74, 6) is 1.55. The molecule has 0 saturated heterocycles. The van der Waals surface area contributed by atoms with E-state index >= 15 is 0 Å². The van der Waals surface area contributed by atoms with Gasteiger partial charge in [0.1, 0.15) is 0 Å². The fraction of sp³-hybridized carbons (Fsp3) is 0.583. The Bertz CT molecular complexity index is 353. The number of aromatic nitrogens is 1. The standard InChI is InChI=1S/C12H14BrN/c13-11-6-10(8-2-1-3-8)7-14-12(11)9-4-5-9/h6-9H,1-5H2. The van der Waals surface area contributed by atoms with Gasteiger partial charge in [-0.05, 0) is 59.2 Å². The first-order chi connectivity index (χ1) is 6.84. The van der Waals surface area contributed by atoms with Gasteiger partial charge in [0.15, 0.2) is 0 Å². The molecule has 0 spiro atoms. The minimum Gasteiger partial charge on any atom is -0.260 e. The van der Waals surface area contributed by atoms with Gasteiger partial charge in [-0.25, -0.2) is 0 Å². The quantitative estimate of drug-likeness (QED) is 0.775. The average Bonchev–Trinajstić information content (AvgIpc) is 2.84. The monoisotopic (exact) mass is 251 g/mol. The molecule has 2 aliphatic rings. The van der Waals surface area contributed by atoms with Gasteiger partial charge in [0.05, 0.1) is 5.69 Å². The Balaban J connectivity index is 1.89. The van der Waals surface area contributed by atoms with E-state index in [-0.39, 0.29) is 0 Å². The van der Waals surface area contributed by atoms with Crippen LogP contribution in [0.25, 0.3) is 0 Å². The van der Waals surface area contributed by atoms with Gasteiger partial charge in [-0.1, -0.05) is 6.42 Å². The molecule has 0 N–H and O–H groups in total. The van der Waals surface area contributed by atoms with Crippen LogP contribution in [-0.4, -0.2) is 4.98 Å². The lowest BCUT2D eigenvalue weighted by Gasteiger charge is -2.25. The molecular formula is C12H14BrN. The molecule has 1 heterocycles. The number of pyridine rings is 1. The molecule has 0 radical (unpaired) electrons. The van der Waals surface area contributed by atoms with Crippen LogP contribution < -0.4 is 0 Å². The molecule has 3 rings (SSSR count). The normalized spacial score (nSPS) is 22.1. The van der Waals surface area contributed by atoms with Gasteiger partial charge in [0.2, 0.25) is 0 Å². The summed E-state index contributed by atoms with van der Waals surface area (Å²) < 4.78 is 1.24. The first-order valence-corrected chi connectivity index (χ1v) is 6.29. The van der Waals surface area contributed by atoms with Crippen LogP contribution in [0.3, 0.4) is 0 Å². The Morgan fingerprint density at radius 2 is 1.93 bits per heavy atom. The fourth-order valence-electron chi connectivity index (χ4n) is 2.09. The summed E-state index contributed by atoms with van der Waals surface area (Å²) in [6, 6.07) is 2.30. The Kier molecular flexibility index (Phi) is 2.12. The number of hydrogen-bond acceptors (Lipinski definition) is 1. The molecule has 2 fully saturated rings. The predicted molar refractivity (Wildman–Crippen MR) is 60.5 cm³/mol. The largest absolute Gasteiger partial charge is 0.260 e. The van der Waals surface area contributed by atoms with Crippen molar-refractivity contribution in [2.75, 3.05) is 0 Å². The third kappa shape index (κ3) is 1.50. The van der Waals surface area contributed by atoms with Crippen LogP contribution in [0.2, 0.25) is 0 Å². The minimum absolute atomic E-state index is 0.750. The summed E-state index contributed by atoms with van der Waals surface area (Å²) in [5, 5.41) is 0. The highest BCUT2D eigenvalue weighted by molar-refractivity contribution is 9.10. The molecule has 74 valence electrons. The lowest BCUT2D eigenvalue weighted by Crippen LogP contribution is -2.09. The van der Waals surface area contributed by atoms with Crippen molar-refractivity contribution in [2.24, 2.45) is 0 Å². The number of rotatable bonds is 2. The smallest absolute Gasteiger partial charge is 0.0576 e. The van der Waals surface area contributed by atoms with Crippen LogP contribution in [0, 0.1) is 0 Å². The van der Waals surface area contributed by atoms with Crippen molar-refractivity contribution in [1.82, 2.24) is 4.98 Å². The van der Waals surface area contributed by atoms with Crippen LogP contribution in [0.15, 0.2) is 16.7 Å². The van der Waals surface area contributed by atoms with E-state index in [1.54, 1.807) is 0 Å². The summed E-state index contributed by atoms with van der Waals surface area (Å²) in [7, 11) is 0. The number of halogens is 1. The molecular weight excluding hydrogens is 238 g/mol. The molecule has 14 heavy (non-hydrogen) atoms. The van der Waals surface area contributed by atoms with Gasteiger partial charge < -0.3 is 0 Å². The lowest BCUT2D eigenvalue weighted by atomic mass is 9.81. The van der Waals surface area contributed by atoms with Crippen molar-refractivity contribution < 1.29 is 0 Å². The predicted octanol–water partition coefficient (Wildman–Crippen LogP) is 3.99. The highest BCUT2D eigenvalue weighted by atomic mass is 79.9. The van der Waals surface area contributed by atoms with Crippen molar-refractivity contribution >= 4 is 15.9 Å². The first-order valence-electron chi connectivity index (χ1n) is 5.50. The summed E-state index contributed by atoms with van der Waals surface area (Å²) in [6.07, 6.45) is 8.87. The number of nitrogens with zero attached hydrogens (tertiary/aromatic N) is 1. The zero-order valence-corrected chi connectivity index (χ0v) is 9.76. The molecule has 1 nitrogen and oxygen atoms in total.